The summed E-state index contributed by atoms with van der Waals surface area (Å²) in [4.78, 5) is 54.8. The summed E-state index contributed by atoms with van der Waals surface area (Å²) >= 11 is 0. The fourth-order valence-corrected chi connectivity index (χ4v) is 7.96. The minimum absolute atomic E-state index is 0.278. The van der Waals surface area contributed by atoms with Gasteiger partial charge < -0.3 is 41.9 Å². The molecule has 0 bridgehead atoms. The van der Waals surface area contributed by atoms with Gasteiger partial charge in [0.15, 0.2) is 11.9 Å². The van der Waals surface area contributed by atoms with Crippen molar-refractivity contribution in [3.8, 4) is 0 Å². The zero-order valence-electron chi connectivity index (χ0n) is 34.8. The van der Waals surface area contributed by atoms with Crippen molar-refractivity contribution in [3.05, 3.63) is 215 Å². The van der Waals surface area contributed by atoms with Crippen molar-refractivity contribution in [1.82, 2.24) is 10.6 Å². The van der Waals surface area contributed by atoms with E-state index in [1.807, 2.05) is 103 Å². The fraction of sp³-hybridized carbons (Fsp3) is 0.216. The molecule has 0 heterocycles. The van der Waals surface area contributed by atoms with Gasteiger partial charge in [-0.25, -0.2) is 0 Å². The van der Waals surface area contributed by atoms with E-state index in [2.05, 4.69) is 10.6 Å². The van der Waals surface area contributed by atoms with Crippen LogP contribution in [0.25, 0.3) is 0 Å². The summed E-state index contributed by atoms with van der Waals surface area (Å²) < 4.78 is 5.99. The van der Waals surface area contributed by atoms with Crippen LogP contribution in [0.1, 0.15) is 51.8 Å². The molecule has 0 fully saturated rings. The number of Topliss-reactive ketones (excluding diaryl/α,β-unsaturated/α-hetero) is 1. The van der Waals surface area contributed by atoms with Crippen LogP contribution >= 0.6 is 0 Å². The van der Waals surface area contributed by atoms with Crippen molar-refractivity contribution in [3.63, 3.8) is 0 Å². The Morgan fingerprint density at radius 1 is 0.562 bits per heavy atom. The van der Waals surface area contributed by atoms with E-state index >= 15 is 0 Å². The highest BCUT2D eigenvalue weighted by Gasteiger charge is 2.45. The molecule has 2 unspecified atom stereocenters. The number of carbonyl (C=O) groups is 4. The Labute approximate surface area is 371 Å². The molecule has 6 rings (SSSR count). The first-order chi connectivity index (χ1) is 31.0. The van der Waals surface area contributed by atoms with Crippen LogP contribution in [0.5, 0.6) is 0 Å². The van der Waals surface area contributed by atoms with Crippen LogP contribution < -0.4 is 22.1 Å². The van der Waals surface area contributed by atoms with Crippen molar-refractivity contribution in [1.29, 1.82) is 0 Å². The molecule has 330 valence electrons. The number of rotatable bonds is 21. The molecule has 6 aromatic carbocycles. The Hall–Kier alpha value is -6.84. The summed E-state index contributed by atoms with van der Waals surface area (Å²) in [5, 5.41) is 50.9. The van der Waals surface area contributed by atoms with Gasteiger partial charge in [0.2, 0.25) is 11.8 Å². The van der Waals surface area contributed by atoms with Gasteiger partial charge in [0.1, 0.15) is 24.3 Å². The Balaban J connectivity index is 1.25. The van der Waals surface area contributed by atoms with E-state index in [9.17, 15) is 39.6 Å². The highest BCUT2D eigenvalue weighted by atomic mass is 16.5. The second-order valence-corrected chi connectivity index (χ2v) is 15.4. The number of ether oxygens (including phenoxy) is 1. The number of benzene rings is 6. The summed E-state index contributed by atoms with van der Waals surface area (Å²) in [6.07, 6.45) is -8.26. The summed E-state index contributed by atoms with van der Waals surface area (Å²) in [7, 11) is 0. The average molecular weight is 865 g/mol. The number of hydrogen-bond donors (Lipinski definition) is 8. The Kier molecular flexibility index (Phi) is 16.0. The number of aliphatic hydroxyl groups is 4. The molecule has 0 saturated heterocycles. The second-order valence-electron chi connectivity index (χ2n) is 15.4. The molecule has 0 aromatic heterocycles. The number of nitrogens with one attached hydrogen (secondary N) is 2. The lowest BCUT2D eigenvalue weighted by Gasteiger charge is -2.40. The molecular weight excluding hydrogens is 813 g/mol. The number of amides is 2. The lowest BCUT2D eigenvalue weighted by atomic mass is 9.76. The predicted octanol–water partition coefficient (Wildman–Crippen LogP) is 3.38. The molecule has 7 atom stereocenters. The van der Waals surface area contributed by atoms with Gasteiger partial charge in [-0.05, 0) is 33.4 Å². The van der Waals surface area contributed by atoms with E-state index in [4.69, 9.17) is 16.2 Å². The number of hydrogen-bond acceptors (Lipinski definition) is 11. The number of primary amides is 1. The van der Waals surface area contributed by atoms with Crippen LogP contribution in [-0.4, -0.2) is 87.0 Å². The van der Waals surface area contributed by atoms with E-state index < -0.39 is 90.6 Å². The van der Waals surface area contributed by atoms with Crippen molar-refractivity contribution in [2.75, 3.05) is 6.61 Å². The number of ketones is 1. The van der Waals surface area contributed by atoms with Crippen LogP contribution in [-0.2, 0) is 29.5 Å². The SMILES string of the molecule is NC(=O)C[C@H](NC(c1ccccc1)(c1ccccc1)c1ccccc1)C(=O)N[C@@H](CO)C(=O)[C@@H](O)[C@H](O)C(O)C(c1ccccc1)[C@H](N)C(=O)OC(c1ccccc1)c1ccccc1. The molecule has 13 nitrogen and oxygen atoms in total. The molecular formula is C51H52N4O9. The van der Waals surface area contributed by atoms with Gasteiger partial charge in [0.25, 0.3) is 0 Å². The second kappa shape index (κ2) is 22.0. The van der Waals surface area contributed by atoms with Crippen LogP contribution in [0.4, 0.5) is 0 Å². The molecule has 6 aromatic rings. The van der Waals surface area contributed by atoms with E-state index in [1.54, 1.807) is 78.9 Å². The summed E-state index contributed by atoms with van der Waals surface area (Å²) in [5.41, 5.74) is 14.6. The number of carbonyl (C=O) groups excluding carboxylic acids is 4. The van der Waals surface area contributed by atoms with E-state index in [1.165, 1.54) is 0 Å². The molecule has 0 aliphatic carbocycles. The standard InChI is InChI=1S/C51H52N4O9/c52-41(57)31-39(55-51(36-25-13-4-14-26-36,37-27-15-5-16-28-37)38-29-17-6-18-30-38)49(62)54-40(32-56)44(58)46(60)47(61)45(59)42(33-19-7-1-8-20-33)43(53)50(63)64-48(34-21-9-2-10-22-34)35-23-11-3-12-24-35/h1-30,39-40,42-43,45-48,55-56,59-61H,31-32,53H2,(H2,52,57)(H,54,62)/t39-,40-,42?,43-,45?,46+,47+/m0/s1. The predicted molar refractivity (Wildman–Crippen MR) is 240 cm³/mol. The van der Waals surface area contributed by atoms with Gasteiger partial charge in [0.05, 0.1) is 30.7 Å². The molecule has 10 N–H and O–H groups in total. The third-order valence-electron chi connectivity index (χ3n) is 11.2. The van der Waals surface area contributed by atoms with E-state index in [-0.39, 0.29) is 5.56 Å². The van der Waals surface area contributed by atoms with Gasteiger partial charge >= 0.3 is 5.97 Å². The topological polar surface area (TPSA) is 235 Å². The minimum atomic E-state index is -2.43. The normalized spacial score (nSPS) is 14.8. The molecule has 64 heavy (non-hydrogen) atoms. The molecule has 0 aliphatic rings. The van der Waals surface area contributed by atoms with E-state index in [0.29, 0.717) is 27.8 Å². The molecule has 0 spiro atoms. The zero-order valence-corrected chi connectivity index (χ0v) is 34.8. The third kappa shape index (κ3) is 10.8. The zero-order chi connectivity index (χ0) is 45.6. The van der Waals surface area contributed by atoms with Gasteiger partial charge in [-0.2, -0.15) is 0 Å². The number of nitrogens with two attached hydrogens (primary N) is 2. The maximum Gasteiger partial charge on any atom is 0.324 e. The average Bonchev–Trinajstić information content (AvgIpc) is 3.34. The molecule has 2 amide bonds. The van der Waals surface area contributed by atoms with Gasteiger partial charge in [-0.1, -0.05) is 182 Å². The largest absolute Gasteiger partial charge is 0.451 e. The van der Waals surface area contributed by atoms with Gasteiger partial charge in [-0.3, -0.25) is 24.5 Å². The van der Waals surface area contributed by atoms with Gasteiger partial charge in [-0.15, -0.1) is 0 Å². The maximum atomic E-state index is 14.3. The highest BCUT2D eigenvalue weighted by Crippen LogP contribution is 2.38. The number of esters is 1. The first kappa shape index (κ1) is 46.7. The van der Waals surface area contributed by atoms with Crippen LogP contribution in [0, 0.1) is 0 Å². The minimum Gasteiger partial charge on any atom is -0.451 e. The summed E-state index contributed by atoms with van der Waals surface area (Å²) in [5.74, 6) is -5.48. The van der Waals surface area contributed by atoms with E-state index in [0.717, 1.165) is 0 Å². The first-order valence-electron chi connectivity index (χ1n) is 20.8. The van der Waals surface area contributed by atoms with Crippen molar-refractivity contribution in [2.45, 2.75) is 60.4 Å². The molecule has 0 aliphatic heterocycles. The summed E-state index contributed by atoms with van der Waals surface area (Å²) in [6.45, 7) is -1.05. The third-order valence-corrected chi connectivity index (χ3v) is 11.2. The van der Waals surface area contributed by atoms with Crippen LogP contribution in [0.2, 0.25) is 0 Å². The lowest BCUT2D eigenvalue weighted by molar-refractivity contribution is -0.153. The fourth-order valence-electron chi connectivity index (χ4n) is 7.96. The first-order valence-corrected chi connectivity index (χ1v) is 20.8. The van der Waals surface area contributed by atoms with Crippen molar-refractivity contribution >= 4 is 23.6 Å². The Morgan fingerprint density at radius 2 is 0.953 bits per heavy atom. The van der Waals surface area contributed by atoms with Crippen molar-refractivity contribution in [2.24, 2.45) is 11.5 Å². The Morgan fingerprint density at radius 3 is 1.34 bits per heavy atom. The highest BCUT2D eigenvalue weighted by molar-refractivity contribution is 5.95. The van der Waals surface area contributed by atoms with Crippen LogP contribution in [0.15, 0.2) is 182 Å². The Bertz CT molecular complexity index is 2280. The molecule has 0 radical (unpaired) electrons. The number of aliphatic hydroxyl groups excluding tert-OH is 4. The van der Waals surface area contributed by atoms with Crippen LogP contribution in [0.3, 0.4) is 0 Å². The van der Waals surface area contributed by atoms with Gasteiger partial charge in [0, 0.05) is 5.92 Å². The summed E-state index contributed by atoms with van der Waals surface area (Å²) in [6, 6.07) is 48.6. The maximum absolute atomic E-state index is 14.3. The lowest BCUT2D eigenvalue weighted by Crippen LogP contribution is -2.60. The van der Waals surface area contributed by atoms with Crippen molar-refractivity contribution < 1.29 is 44.3 Å². The smallest absolute Gasteiger partial charge is 0.324 e. The molecule has 0 saturated carbocycles. The monoisotopic (exact) mass is 864 g/mol. The quantitative estimate of drug-likeness (QED) is 0.0386. The molecule has 13 heteroatoms.